The van der Waals surface area contributed by atoms with Gasteiger partial charge in [0, 0.05) is 73.5 Å². The standard InChI is InChI=1S/C51H50Cl2N10O3/c1-33(60-19-23-62(24-20-60)50-43-29-39(31-65-41-17-9-15-37(52)27-41)54-48(43)56-46(58-50)35-11-5-3-6-12-35)45(64)34(2)61-21-25-63(26-22-61)51-44-30-40(32-66-42-18-10-16-38(53)28-42)55-49(44)57-47(59-51)36-13-7-4-8-14-36/h3-18,27-30,33-34H,19-26,31-32H2,1-2H3,(H,54,56,58)(H,55,57,59). The summed E-state index contributed by atoms with van der Waals surface area (Å²) in [5.74, 6) is 4.66. The van der Waals surface area contributed by atoms with Gasteiger partial charge in [0.1, 0.15) is 47.6 Å². The maximum absolute atomic E-state index is 14.3. The van der Waals surface area contributed by atoms with Crippen LogP contribution in [0.25, 0.3) is 44.8 Å². The second-order valence-corrected chi connectivity index (χ2v) is 17.8. The number of hydrogen-bond acceptors (Lipinski definition) is 11. The van der Waals surface area contributed by atoms with Crippen LogP contribution in [0.2, 0.25) is 10.0 Å². The Morgan fingerprint density at radius 3 is 1.35 bits per heavy atom. The molecule has 0 saturated carbocycles. The molecule has 8 aromatic rings. The van der Waals surface area contributed by atoms with Crippen LogP contribution in [0, 0.1) is 0 Å². The molecule has 4 aromatic heterocycles. The number of halogens is 2. The zero-order chi connectivity index (χ0) is 45.1. The molecule has 0 aliphatic carbocycles. The Kier molecular flexibility index (Phi) is 12.6. The van der Waals surface area contributed by atoms with E-state index >= 15 is 0 Å². The summed E-state index contributed by atoms with van der Waals surface area (Å²) in [5, 5.41) is 3.11. The molecule has 10 rings (SSSR count). The van der Waals surface area contributed by atoms with E-state index in [0.717, 1.165) is 109 Å². The van der Waals surface area contributed by atoms with E-state index in [4.69, 9.17) is 52.6 Å². The quantitative estimate of drug-likeness (QED) is 0.108. The van der Waals surface area contributed by atoms with Crippen LogP contribution in [0.1, 0.15) is 25.2 Å². The lowest BCUT2D eigenvalue weighted by Gasteiger charge is -2.41. The number of carbonyl (C=O) groups is 1. The van der Waals surface area contributed by atoms with Crippen LogP contribution < -0.4 is 19.3 Å². The fourth-order valence-electron chi connectivity index (χ4n) is 8.95. The Bertz CT molecular complexity index is 2770. The van der Waals surface area contributed by atoms with Gasteiger partial charge in [-0.1, -0.05) is 96.0 Å². The number of nitrogens with zero attached hydrogens (tertiary/aromatic N) is 8. The van der Waals surface area contributed by atoms with Crippen molar-refractivity contribution >= 4 is 62.7 Å². The topological polar surface area (TPSA) is 132 Å². The largest absolute Gasteiger partial charge is 0.487 e. The highest BCUT2D eigenvalue weighted by molar-refractivity contribution is 6.31. The molecule has 2 aliphatic rings. The van der Waals surface area contributed by atoms with E-state index in [9.17, 15) is 4.79 Å². The maximum Gasteiger partial charge on any atom is 0.166 e. The number of rotatable bonds is 14. The van der Waals surface area contributed by atoms with Crippen LogP contribution in [0.15, 0.2) is 121 Å². The number of ketones is 1. The fourth-order valence-corrected chi connectivity index (χ4v) is 9.31. The lowest BCUT2D eigenvalue weighted by Crippen LogP contribution is -2.57. The lowest BCUT2D eigenvalue weighted by atomic mass is 10.0. The van der Waals surface area contributed by atoms with Crippen molar-refractivity contribution in [3.8, 4) is 34.3 Å². The molecule has 0 bridgehead atoms. The SMILES string of the molecule is CC(C(=O)C(C)N1CCN(c2nc(-c3ccccc3)nc3[nH]c(COc4cccc(Cl)c4)cc23)CC1)N1CCN(c2nc(-c3ccccc3)nc3[nH]c(COc4cccc(Cl)c4)cc23)CC1. The second-order valence-electron chi connectivity index (χ2n) is 16.9. The van der Waals surface area contributed by atoms with Crippen LogP contribution in [-0.4, -0.2) is 110 Å². The van der Waals surface area contributed by atoms with E-state index in [1.165, 1.54) is 0 Å². The van der Waals surface area contributed by atoms with Crippen molar-refractivity contribution in [1.29, 1.82) is 0 Å². The van der Waals surface area contributed by atoms with E-state index in [1.54, 1.807) is 12.1 Å². The van der Waals surface area contributed by atoms with Gasteiger partial charge in [-0.25, -0.2) is 19.9 Å². The van der Waals surface area contributed by atoms with Gasteiger partial charge < -0.3 is 29.2 Å². The summed E-state index contributed by atoms with van der Waals surface area (Å²) in [6, 6.07) is 38.5. The average molecular weight is 922 g/mol. The number of aromatic nitrogens is 6. The first-order valence-electron chi connectivity index (χ1n) is 22.4. The molecule has 2 N–H and O–H groups in total. The molecule has 0 radical (unpaired) electrons. The van der Waals surface area contributed by atoms with Crippen molar-refractivity contribution in [1.82, 2.24) is 39.7 Å². The highest BCUT2D eigenvalue weighted by Gasteiger charge is 2.34. The van der Waals surface area contributed by atoms with Gasteiger partial charge in [0.05, 0.1) is 34.2 Å². The normalized spacial score (nSPS) is 15.9. The molecule has 2 aliphatic heterocycles. The summed E-state index contributed by atoms with van der Waals surface area (Å²) in [5.41, 5.74) is 5.15. The number of carbonyl (C=O) groups excluding carboxylic acids is 1. The van der Waals surface area contributed by atoms with Gasteiger partial charge in [0.15, 0.2) is 17.4 Å². The number of nitrogens with one attached hydrogen (secondary N) is 2. The van der Waals surface area contributed by atoms with Gasteiger partial charge in [-0.2, -0.15) is 0 Å². The maximum atomic E-state index is 14.3. The van der Waals surface area contributed by atoms with Gasteiger partial charge in [0.25, 0.3) is 0 Å². The summed E-state index contributed by atoms with van der Waals surface area (Å²) in [7, 11) is 0. The van der Waals surface area contributed by atoms with Crippen LogP contribution in [0.5, 0.6) is 11.5 Å². The van der Waals surface area contributed by atoms with E-state index in [1.807, 2.05) is 97.1 Å². The molecule has 2 saturated heterocycles. The number of fused-ring (bicyclic) bond motifs is 2. The van der Waals surface area contributed by atoms with Crippen LogP contribution in [0.3, 0.4) is 0 Å². The number of H-pyrrole nitrogens is 2. The third kappa shape index (κ3) is 9.43. The smallest absolute Gasteiger partial charge is 0.166 e. The Hall–Kier alpha value is -6.51. The Morgan fingerprint density at radius 1 is 0.545 bits per heavy atom. The van der Waals surface area contributed by atoms with E-state index in [-0.39, 0.29) is 17.9 Å². The average Bonchev–Trinajstić information content (AvgIpc) is 3.98. The van der Waals surface area contributed by atoms with E-state index < -0.39 is 0 Å². The second kappa shape index (κ2) is 19.1. The zero-order valence-electron chi connectivity index (χ0n) is 36.8. The van der Waals surface area contributed by atoms with Crippen molar-refractivity contribution in [3.05, 3.63) is 143 Å². The Morgan fingerprint density at radius 2 is 0.955 bits per heavy atom. The van der Waals surface area contributed by atoms with Crippen LogP contribution >= 0.6 is 23.2 Å². The Balaban J connectivity index is 0.800. The number of hydrogen-bond donors (Lipinski definition) is 2. The number of ether oxygens (including phenoxy) is 2. The molecule has 6 heterocycles. The van der Waals surface area contributed by atoms with Crippen molar-refractivity contribution in [2.45, 2.75) is 39.1 Å². The van der Waals surface area contributed by atoms with E-state index in [2.05, 4.69) is 55.5 Å². The summed E-state index contributed by atoms with van der Waals surface area (Å²) < 4.78 is 12.2. The van der Waals surface area contributed by atoms with Gasteiger partial charge in [-0.05, 0) is 62.4 Å². The number of aromatic amines is 2. The summed E-state index contributed by atoms with van der Waals surface area (Å²) in [4.78, 5) is 50.7. The molecule has 66 heavy (non-hydrogen) atoms. The highest BCUT2D eigenvalue weighted by Crippen LogP contribution is 2.32. The molecule has 0 amide bonds. The first kappa shape index (κ1) is 43.4. The van der Waals surface area contributed by atoms with Crippen molar-refractivity contribution in [2.24, 2.45) is 0 Å². The van der Waals surface area contributed by atoms with Crippen molar-refractivity contribution in [3.63, 3.8) is 0 Å². The number of Topliss-reactive ketones (excluding diaryl/α,β-unsaturated/α-hetero) is 1. The van der Waals surface area contributed by atoms with Crippen molar-refractivity contribution in [2.75, 3.05) is 62.2 Å². The first-order chi connectivity index (χ1) is 32.2. The third-order valence-electron chi connectivity index (χ3n) is 12.6. The number of benzene rings is 4. The van der Waals surface area contributed by atoms with Gasteiger partial charge in [-0.3, -0.25) is 14.6 Å². The molecule has 2 atom stereocenters. The third-order valence-corrected chi connectivity index (χ3v) is 13.1. The van der Waals surface area contributed by atoms with Gasteiger partial charge in [0.2, 0.25) is 0 Å². The first-order valence-corrected chi connectivity index (χ1v) is 23.2. The molecule has 4 aromatic carbocycles. The number of piperazine rings is 2. The zero-order valence-corrected chi connectivity index (χ0v) is 38.3. The minimum atomic E-state index is -0.240. The monoisotopic (exact) mass is 920 g/mol. The molecule has 15 heteroatoms. The van der Waals surface area contributed by atoms with Crippen molar-refractivity contribution < 1.29 is 14.3 Å². The summed E-state index contributed by atoms with van der Waals surface area (Å²) >= 11 is 12.4. The fraction of sp³-hybridized carbons (Fsp3) is 0.275. The lowest BCUT2D eigenvalue weighted by molar-refractivity contribution is -0.128. The minimum Gasteiger partial charge on any atom is -0.487 e. The molecule has 0 spiro atoms. The minimum absolute atomic E-state index is 0.230. The van der Waals surface area contributed by atoms with Crippen LogP contribution in [0.4, 0.5) is 11.6 Å². The summed E-state index contributed by atoms with van der Waals surface area (Å²) in [6.07, 6.45) is 0. The molecule has 336 valence electrons. The predicted molar refractivity (Wildman–Crippen MR) is 262 cm³/mol. The molecular formula is C51H50Cl2N10O3. The molecular weight excluding hydrogens is 872 g/mol. The number of anilines is 2. The van der Waals surface area contributed by atoms with Gasteiger partial charge in [-0.15, -0.1) is 0 Å². The molecule has 13 nitrogen and oxygen atoms in total. The Labute approximate surface area is 393 Å². The highest BCUT2D eigenvalue weighted by atomic mass is 35.5. The molecule has 2 fully saturated rings. The van der Waals surface area contributed by atoms with Gasteiger partial charge >= 0.3 is 0 Å². The molecule has 2 unspecified atom stereocenters. The predicted octanol–water partition coefficient (Wildman–Crippen LogP) is 9.32. The van der Waals surface area contributed by atoms with Crippen LogP contribution in [-0.2, 0) is 18.0 Å². The summed E-state index contributed by atoms with van der Waals surface area (Å²) in [6.45, 7) is 10.6. The van der Waals surface area contributed by atoms with E-state index in [0.29, 0.717) is 46.4 Å².